The molecule has 0 aromatic heterocycles. The highest BCUT2D eigenvalue weighted by molar-refractivity contribution is 7.47. The Bertz CT molecular complexity index is 2060. The van der Waals surface area contributed by atoms with Gasteiger partial charge in [-0.25, -0.2) is 9.13 Å². The third-order valence-corrected chi connectivity index (χ3v) is 22.9. The van der Waals surface area contributed by atoms with E-state index in [-0.39, 0.29) is 25.7 Å². The Labute approximate surface area is 658 Å². The molecule has 0 aromatic rings. The van der Waals surface area contributed by atoms with Crippen LogP contribution >= 0.6 is 15.6 Å². The first-order valence-corrected chi connectivity index (χ1v) is 48.4. The Kier molecular flexibility index (Phi) is 76.6. The SMILES string of the molecule is CCCCCCCCCCCCCCCCC(=O)O[C@H](COC(=O)CCCCCCCCCCCCC(C)C)COP(=O)(O)OC[C@H](O)COP(=O)(O)OC[C@@H](COC(=O)CCCCCCCCCCCCCCCCCC(C)C)OC(=O)CCCCCCCCCCCCCCCCCCCCC(C)CC. The summed E-state index contributed by atoms with van der Waals surface area (Å²) in [4.78, 5) is 73.3. The molecule has 0 rings (SSSR count). The smallest absolute Gasteiger partial charge is 0.462 e. The number of rotatable bonds is 86. The first kappa shape index (κ1) is 105. The summed E-state index contributed by atoms with van der Waals surface area (Å²) in [5.41, 5.74) is 0. The topological polar surface area (TPSA) is 237 Å². The molecule has 0 aliphatic heterocycles. The van der Waals surface area contributed by atoms with Gasteiger partial charge in [-0.3, -0.25) is 37.3 Å². The lowest BCUT2D eigenvalue weighted by molar-refractivity contribution is -0.161. The minimum Gasteiger partial charge on any atom is -0.462 e. The van der Waals surface area contributed by atoms with Crippen LogP contribution in [-0.2, 0) is 65.4 Å². The number of carbonyl (C=O) groups excluding carboxylic acids is 4. The van der Waals surface area contributed by atoms with E-state index in [2.05, 4.69) is 48.5 Å². The molecular formula is C88H172O17P2. The Morgan fingerprint density at radius 1 is 0.271 bits per heavy atom. The van der Waals surface area contributed by atoms with E-state index in [1.807, 2.05) is 0 Å². The van der Waals surface area contributed by atoms with Gasteiger partial charge in [0.25, 0.3) is 0 Å². The molecule has 0 spiro atoms. The van der Waals surface area contributed by atoms with Crippen LogP contribution in [0.5, 0.6) is 0 Å². The van der Waals surface area contributed by atoms with Gasteiger partial charge in [-0.1, -0.05) is 414 Å². The summed E-state index contributed by atoms with van der Waals surface area (Å²) in [5.74, 6) is 0.336. The van der Waals surface area contributed by atoms with E-state index in [9.17, 15) is 43.2 Å². The number of unbranched alkanes of at least 4 members (excludes halogenated alkanes) is 53. The Morgan fingerprint density at radius 2 is 0.477 bits per heavy atom. The molecule has 0 heterocycles. The number of carbonyl (C=O) groups is 4. The third kappa shape index (κ3) is 80.5. The van der Waals surface area contributed by atoms with Gasteiger partial charge in [0.1, 0.15) is 19.3 Å². The van der Waals surface area contributed by atoms with Gasteiger partial charge in [0.15, 0.2) is 12.2 Å². The van der Waals surface area contributed by atoms with Crippen molar-refractivity contribution < 1.29 is 80.2 Å². The van der Waals surface area contributed by atoms with Gasteiger partial charge in [0.05, 0.1) is 26.4 Å². The fraction of sp³-hybridized carbons (Fsp3) is 0.955. The molecule has 0 aromatic carbocycles. The van der Waals surface area contributed by atoms with Gasteiger partial charge in [-0.2, -0.15) is 0 Å². The van der Waals surface area contributed by atoms with E-state index in [4.69, 9.17) is 37.0 Å². The summed E-state index contributed by atoms with van der Waals surface area (Å²) in [7, 11) is -9.93. The van der Waals surface area contributed by atoms with Gasteiger partial charge < -0.3 is 33.8 Å². The van der Waals surface area contributed by atoms with Crippen molar-refractivity contribution in [2.24, 2.45) is 17.8 Å². The Hall–Kier alpha value is -1.94. The predicted octanol–water partition coefficient (Wildman–Crippen LogP) is 26.9. The van der Waals surface area contributed by atoms with Crippen LogP contribution in [0.1, 0.15) is 466 Å². The van der Waals surface area contributed by atoms with E-state index in [0.717, 1.165) is 108 Å². The largest absolute Gasteiger partial charge is 0.472 e. The minimum atomic E-state index is -4.97. The number of aliphatic hydroxyl groups excluding tert-OH is 1. The van der Waals surface area contributed by atoms with Crippen LogP contribution in [0, 0.1) is 17.8 Å². The van der Waals surface area contributed by atoms with Gasteiger partial charge >= 0.3 is 39.5 Å². The zero-order valence-corrected chi connectivity index (χ0v) is 72.4. The number of aliphatic hydroxyl groups is 1. The van der Waals surface area contributed by atoms with E-state index in [0.29, 0.717) is 25.7 Å². The van der Waals surface area contributed by atoms with Crippen LogP contribution in [0.2, 0.25) is 0 Å². The molecule has 0 amide bonds. The van der Waals surface area contributed by atoms with Crippen LogP contribution in [-0.4, -0.2) is 96.7 Å². The van der Waals surface area contributed by atoms with Gasteiger partial charge in [0, 0.05) is 25.7 Å². The van der Waals surface area contributed by atoms with Crippen LogP contribution < -0.4 is 0 Å². The van der Waals surface area contributed by atoms with Crippen molar-refractivity contribution in [1.29, 1.82) is 0 Å². The molecule has 19 heteroatoms. The predicted molar refractivity (Wildman–Crippen MR) is 441 cm³/mol. The second-order valence-corrected chi connectivity index (χ2v) is 35.7. The Morgan fingerprint density at radius 3 is 0.710 bits per heavy atom. The second-order valence-electron chi connectivity index (χ2n) is 32.8. The third-order valence-electron chi connectivity index (χ3n) is 21.0. The summed E-state index contributed by atoms with van der Waals surface area (Å²) < 4.78 is 69.0. The van der Waals surface area contributed by atoms with E-state index in [1.54, 1.807) is 0 Å². The van der Waals surface area contributed by atoms with E-state index >= 15 is 0 Å². The molecule has 0 radical (unpaired) electrons. The molecule has 3 unspecified atom stereocenters. The monoisotopic (exact) mass is 1560 g/mol. The summed E-state index contributed by atoms with van der Waals surface area (Å²) in [6.45, 7) is 12.1. The molecule has 0 bridgehead atoms. The number of phosphoric acid groups is 2. The maximum absolute atomic E-state index is 13.2. The number of hydrogen-bond donors (Lipinski definition) is 3. The quantitative estimate of drug-likeness (QED) is 0.0222. The lowest BCUT2D eigenvalue weighted by atomic mass is 9.99. The molecular weight excluding hydrogens is 1390 g/mol. The summed E-state index contributed by atoms with van der Waals surface area (Å²) in [5, 5.41) is 10.7. The summed E-state index contributed by atoms with van der Waals surface area (Å²) in [6.07, 6.45) is 69.3. The van der Waals surface area contributed by atoms with Gasteiger partial charge in [-0.05, 0) is 43.4 Å². The van der Waals surface area contributed by atoms with Crippen LogP contribution in [0.25, 0.3) is 0 Å². The maximum atomic E-state index is 13.2. The van der Waals surface area contributed by atoms with Crippen molar-refractivity contribution in [3.63, 3.8) is 0 Å². The van der Waals surface area contributed by atoms with Crippen molar-refractivity contribution in [3.8, 4) is 0 Å². The van der Waals surface area contributed by atoms with Crippen molar-refractivity contribution in [3.05, 3.63) is 0 Å². The average molecular weight is 1560 g/mol. The summed E-state index contributed by atoms with van der Waals surface area (Å²) in [6, 6.07) is 0. The van der Waals surface area contributed by atoms with Crippen LogP contribution in [0.4, 0.5) is 0 Å². The number of esters is 4. The van der Waals surface area contributed by atoms with Crippen molar-refractivity contribution in [2.75, 3.05) is 39.6 Å². The van der Waals surface area contributed by atoms with Crippen molar-refractivity contribution >= 4 is 39.5 Å². The van der Waals surface area contributed by atoms with Crippen molar-refractivity contribution in [2.45, 2.75) is 484 Å². The zero-order valence-electron chi connectivity index (χ0n) is 70.6. The molecule has 0 saturated carbocycles. The molecule has 107 heavy (non-hydrogen) atoms. The zero-order chi connectivity index (χ0) is 78.6. The summed E-state index contributed by atoms with van der Waals surface area (Å²) >= 11 is 0. The fourth-order valence-corrected chi connectivity index (χ4v) is 15.3. The molecule has 6 atom stereocenters. The number of phosphoric ester groups is 2. The lowest BCUT2D eigenvalue weighted by Crippen LogP contribution is -2.30. The normalized spacial score (nSPS) is 14.1. The average Bonchev–Trinajstić information content (AvgIpc) is 0.919. The second kappa shape index (κ2) is 78.0. The van der Waals surface area contributed by atoms with E-state index < -0.39 is 97.5 Å². The highest BCUT2D eigenvalue weighted by Crippen LogP contribution is 2.45. The molecule has 17 nitrogen and oxygen atoms in total. The standard InChI is InChI=1S/C88H172O17P2/c1-8-10-11-12-13-14-15-16-28-34-43-50-57-64-71-87(92)105-84(76-99-86(91)70-63-56-49-42-37-36-39-46-53-60-67-80(5)6)78-103-107(96,97)101-74-82(89)73-100-106(94,95)102-77-83(75-98-85(90)69-62-55-48-41-33-29-25-21-22-26-31-38-45-52-59-66-79(3)4)104-88(93)72-65-58-51-44-35-30-24-20-18-17-19-23-27-32-40-47-54-61-68-81(7)9-2/h79-84,89H,8-78H2,1-7H3,(H,94,95)(H,96,97)/t81?,82-,83-,84-/m1/s1. The molecule has 0 aliphatic carbocycles. The first-order valence-electron chi connectivity index (χ1n) is 45.4. The van der Waals surface area contributed by atoms with Gasteiger partial charge in [0.2, 0.25) is 0 Å². The van der Waals surface area contributed by atoms with Gasteiger partial charge in [-0.15, -0.1) is 0 Å². The van der Waals surface area contributed by atoms with Crippen molar-refractivity contribution in [1.82, 2.24) is 0 Å². The number of ether oxygens (including phenoxy) is 4. The number of hydrogen-bond acceptors (Lipinski definition) is 15. The molecule has 3 N–H and O–H groups in total. The molecule has 0 saturated heterocycles. The van der Waals surface area contributed by atoms with E-state index in [1.165, 1.54) is 276 Å². The van der Waals surface area contributed by atoms with Crippen LogP contribution in [0.15, 0.2) is 0 Å². The Balaban J connectivity index is 5.25. The minimum absolute atomic E-state index is 0.108. The van der Waals surface area contributed by atoms with Crippen LogP contribution in [0.3, 0.4) is 0 Å². The first-order chi connectivity index (χ1) is 51.8. The molecule has 0 fully saturated rings. The highest BCUT2D eigenvalue weighted by atomic mass is 31.2. The fourth-order valence-electron chi connectivity index (χ4n) is 13.7. The molecule has 0 aliphatic rings. The highest BCUT2D eigenvalue weighted by Gasteiger charge is 2.31. The maximum Gasteiger partial charge on any atom is 0.472 e. The molecule has 636 valence electrons. The lowest BCUT2D eigenvalue weighted by Gasteiger charge is -2.21.